The van der Waals surface area contributed by atoms with Gasteiger partial charge in [-0.2, -0.15) is 0 Å². The second kappa shape index (κ2) is 4.84. The monoisotopic (exact) mass is 229 g/mol. The average Bonchev–Trinajstić information content (AvgIpc) is 2.37. The summed E-state index contributed by atoms with van der Waals surface area (Å²) in [6.45, 7) is 1.76. The Morgan fingerprint density at radius 2 is 1.88 bits per heavy atom. The van der Waals surface area contributed by atoms with Gasteiger partial charge in [0.15, 0.2) is 0 Å². The van der Waals surface area contributed by atoms with Crippen molar-refractivity contribution in [3.63, 3.8) is 0 Å². The molecular formula is C13H15N3O. The Hall–Kier alpha value is -2.07. The van der Waals surface area contributed by atoms with Crippen LogP contribution in [-0.2, 0) is 4.79 Å². The first-order valence-electron chi connectivity index (χ1n) is 5.46. The van der Waals surface area contributed by atoms with Gasteiger partial charge in [0.05, 0.1) is 0 Å². The number of carbonyl (C=O) groups is 1. The van der Waals surface area contributed by atoms with E-state index in [1.54, 1.807) is 6.92 Å². The van der Waals surface area contributed by atoms with Crippen molar-refractivity contribution in [2.75, 3.05) is 5.32 Å². The largest absolute Gasteiger partial charge is 0.374 e. The van der Waals surface area contributed by atoms with E-state index in [1.165, 1.54) is 5.39 Å². The number of nitrogens with two attached hydrogens (primary N) is 1. The molecule has 2 rings (SSSR count). The fourth-order valence-electron chi connectivity index (χ4n) is 1.72. The molecule has 2 aromatic carbocycles. The maximum atomic E-state index is 11.3. The van der Waals surface area contributed by atoms with Crippen LogP contribution in [0.3, 0.4) is 0 Å². The second-order valence-electron chi connectivity index (χ2n) is 3.94. The summed E-state index contributed by atoms with van der Waals surface area (Å²) in [4.78, 5) is 11.3. The summed E-state index contributed by atoms with van der Waals surface area (Å²) in [5, 5.41) is 5.40. The molecule has 4 N–H and O–H groups in total. The maximum absolute atomic E-state index is 11.3. The molecule has 0 aromatic heterocycles. The van der Waals surface area contributed by atoms with Crippen LogP contribution >= 0.6 is 0 Å². The summed E-state index contributed by atoms with van der Waals surface area (Å²) in [6, 6.07) is 13.7. The molecule has 0 bridgehead atoms. The molecule has 1 amide bonds. The van der Waals surface area contributed by atoms with Gasteiger partial charge in [-0.05, 0) is 29.8 Å². The number of hydrazine groups is 1. The zero-order valence-electron chi connectivity index (χ0n) is 9.60. The Balaban J connectivity index is 2.22. The first-order valence-corrected chi connectivity index (χ1v) is 5.46. The van der Waals surface area contributed by atoms with Crippen molar-refractivity contribution < 1.29 is 4.79 Å². The van der Waals surface area contributed by atoms with E-state index in [0.717, 1.165) is 11.1 Å². The predicted octanol–water partition coefficient (Wildman–Crippen LogP) is 1.63. The van der Waals surface area contributed by atoms with Crippen LogP contribution in [0.5, 0.6) is 0 Å². The highest BCUT2D eigenvalue weighted by molar-refractivity contribution is 5.88. The van der Waals surface area contributed by atoms with Gasteiger partial charge in [0.2, 0.25) is 0 Å². The van der Waals surface area contributed by atoms with Crippen LogP contribution in [0.25, 0.3) is 10.8 Å². The van der Waals surface area contributed by atoms with Crippen molar-refractivity contribution in [2.24, 2.45) is 5.84 Å². The Labute approximate surface area is 99.8 Å². The molecule has 0 heterocycles. The van der Waals surface area contributed by atoms with Crippen molar-refractivity contribution in [3.8, 4) is 0 Å². The molecule has 0 aliphatic carbocycles. The predicted molar refractivity (Wildman–Crippen MR) is 69.4 cm³/mol. The fraction of sp³-hybridized carbons (Fsp3) is 0.154. The number of rotatable bonds is 3. The van der Waals surface area contributed by atoms with E-state index in [4.69, 9.17) is 5.84 Å². The van der Waals surface area contributed by atoms with Crippen LogP contribution in [0.4, 0.5) is 5.69 Å². The van der Waals surface area contributed by atoms with Crippen molar-refractivity contribution in [2.45, 2.75) is 13.0 Å². The molecule has 0 saturated carbocycles. The van der Waals surface area contributed by atoms with E-state index in [2.05, 4.69) is 16.8 Å². The third kappa shape index (κ3) is 2.54. The first kappa shape index (κ1) is 11.4. The second-order valence-corrected chi connectivity index (χ2v) is 3.94. The lowest BCUT2D eigenvalue weighted by Gasteiger charge is -2.13. The lowest BCUT2D eigenvalue weighted by Crippen LogP contribution is -2.41. The standard InChI is InChI=1S/C13H15N3O/c1-9(13(17)16-14)15-12-7-6-10-4-2-3-5-11(10)8-12/h2-9,15H,14H2,1H3,(H,16,17)/t9-/m0/s1. The highest BCUT2D eigenvalue weighted by atomic mass is 16.2. The van der Waals surface area contributed by atoms with Crippen molar-refractivity contribution in [3.05, 3.63) is 42.5 Å². The molecular weight excluding hydrogens is 214 g/mol. The van der Waals surface area contributed by atoms with Crippen LogP contribution < -0.4 is 16.6 Å². The summed E-state index contributed by atoms with van der Waals surface area (Å²) in [7, 11) is 0. The molecule has 1 atom stereocenters. The number of nitrogens with one attached hydrogen (secondary N) is 2. The number of fused-ring (bicyclic) bond motifs is 1. The SMILES string of the molecule is C[C@H](Nc1ccc2ccccc2c1)C(=O)NN. The first-order chi connectivity index (χ1) is 8.20. The molecule has 0 spiro atoms. The molecule has 0 aliphatic heterocycles. The highest BCUT2D eigenvalue weighted by Crippen LogP contribution is 2.19. The average molecular weight is 229 g/mol. The van der Waals surface area contributed by atoms with Gasteiger partial charge in [-0.15, -0.1) is 0 Å². The number of benzene rings is 2. The van der Waals surface area contributed by atoms with Gasteiger partial charge >= 0.3 is 0 Å². The number of anilines is 1. The summed E-state index contributed by atoms with van der Waals surface area (Å²) in [6.07, 6.45) is 0. The molecule has 17 heavy (non-hydrogen) atoms. The van der Waals surface area contributed by atoms with Crippen molar-refractivity contribution >= 4 is 22.4 Å². The fourth-order valence-corrected chi connectivity index (χ4v) is 1.72. The molecule has 4 heteroatoms. The highest BCUT2D eigenvalue weighted by Gasteiger charge is 2.10. The van der Waals surface area contributed by atoms with Gasteiger partial charge in [-0.1, -0.05) is 30.3 Å². The van der Waals surface area contributed by atoms with Crippen molar-refractivity contribution in [1.29, 1.82) is 0 Å². The van der Waals surface area contributed by atoms with Crippen LogP contribution in [0, 0.1) is 0 Å². The Kier molecular flexibility index (Phi) is 3.25. The third-order valence-electron chi connectivity index (χ3n) is 2.67. The van der Waals surface area contributed by atoms with E-state index in [1.807, 2.05) is 36.4 Å². The molecule has 0 aliphatic rings. The molecule has 0 radical (unpaired) electrons. The van der Waals surface area contributed by atoms with E-state index in [0.29, 0.717) is 0 Å². The minimum atomic E-state index is -0.360. The van der Waals surface area contributed by atoms with E-state index in [-0.39, 0.29) is 11.9 Å². The molecule has 0 unspecified atom stereocenters. The molecule has 0 fully saturated rings. The Morgan fingerprint density at radius 3 is 2.59 bits per heavy atom. The van der Waals surface area contributed by atoms with Gasteiger partial charge in [0.25, 0.3) is 5.91 Å². The van der Waals surface area contributed by atoms with Crippen LogP contribution in [-0.4, -0.2) is 11.9 Å². The Bertz CT molecular complexity index is 539. The Morgan fingerprint density at radius 1 is 1.18 bits per heavy atom. The lowest BCUT2D eigenvalue weighted by atomic mass is 10.1. The van der Waals surface area contributed by atoms with Crippen molar-refractivity contribution in [1.82, 2.24) is 5.43 Å². The van der Waals surface area contributed by atoms with Gasteiger partial charge in [-0.25, -0.2) is 5.84 Å². The number of carbonyl (C=O) groups excluding carboxylic acids is 1. The summed E-state index contributed by atoms with van der Waals surface area (Å²) >= 11 is 0. The maximum Gasteiger partial charge on any atom is 0.256 e. The number of hydrogen-bond donors (Lipinski definition) is 3. The number of amides is 1. The third-order valence-corrected chi connectivity index (χ3v) is 2.67. The van der Waals surface area contributed by atoms with Gasteiger partial charge in [0.1, 0.15) is 6.04 Å². The van der Waals surface area contributed by atoms with Gasteiger partial charge in [0, 0.05) is 5.69 Å². The minimum absolute atomic E-state index is 0.238. The zero-order chi connectivity index (χ0) is 12.3. The normalized spacial score (nSPS) is 12.1. The molecule has 4 nitrogen and oxygen atoms in total. The quantitative estimate of drug-likeness (QED) is 0.426. The number of hydrogen-bond acceptors (Lipinski definition) is 3. The molecule has 88 valence electrons. The topological polar surface area (TPSA) is 67.2 Å². The summed E-state index contributed by atoms with van der Waals surface area (Å²) in [5.74, 6) is 4.84. The van der Waals surface area contributed by atoms with Crippen LogP contribution in [0.2, 0.25) is 0 Å². The van der Waals surface area contributed by atoms with E-state index in [9.17, 15) is 4.79 Å². The van der Waals surface area contributed by atoms with Gasteiger partial charge in [-0.3, -0.25) is 10.2 Å². The summed E-state index contributed by atoms with van der Waals surface area (Å²) < 4.78 is 0. The zero-order valence-corrected chi connectivity index (χ0v) is 9.60. The van der Waals surface area contributed by atoms with E-state index >= 15 is 0 Å². The molecule has 2 aromatic rings. The minimum Gasteiger partial charge on any atom is -0.374 e. The van der Waals surface area contributed by atoms with E-state index < -0.39 is 0 Å². The van der Waals surface area contributed by atoms with Crippen LogP contribution in [0.15, 0.2) is 42.5 Å². The smallest absolute Gasteiger partial charge is 0.256 e. The summed E-state index contributed by atoms with van der Waals surface area (Å²) in [5.41, 5.74) is 3.02. The van der Waals surface area contributed by atoms with Crippen LogP contribution in [0.1, 0.15) is 6.92 Å². The van der Waals surface area contributed by atoms with Gasteiger partial charge < -0.3 is 5.32 Å². The molecule has 0 saturated heterocycles. The lowest BCUT2D eigenvalue weighted by molar-refractivity contribution is -0.121.